The average Bonchev–Trinajstić information content (AvgIpc) is 2.34. The fraction of sp³-hybridized carbons (Fsp3) is 0.889. The van der Waals surface area contributed by atoms with Crippen LogP contribution < -0.4 is 0 Å². The fourth-order valence-electron chi connectivity index (χ4n) is 3.36. The third-order valence-corrected chi connectivity index (χ3v) is 10.5. The Balaban J connectivity index is 1.77. The predicted molar refractivity (Wildman–Crippen MR) is 94.3 cm³/mol. The maximum absolute atomic E-state index is 6.30. The van der Waals surface area contributed by atoms with Gasteiger partial charge in [-0.2, -0.15) is 0 Å². The zero-order valence-corrected chi connectivity index (χ0v) is 16.0. The zero-order chi connectivity index (χ0) is 15.7. The number of piperidine rings is 1. The zero-order valence-electron chi connectivity index (χ0n) is 15.0. The second kappa shape index (κ2) is 6.55. The van der Waals surface area contributed by atoms with Crippen molar-refractivity contribution >= 4 is 8.32 Å². The van der Waals surface area contributed by atoms with Crippen molar-refractivity contribution in [1.82, 2.24) is 4.90 Å². The first-order valence-corrected chi connectivity index (χ1v) is 11.7. The summed E-state index contributed by atoms with van der Waals surface area (Å²) in [4.78, 5) is 2.60. The van der Waals surface area contributed by atoms with Crippen LogP contribution in [0.15, 0.2) is 11.6 Å². The maximum Gasteiger partial charge on any atom is 0.191 e. The first-order chi connectivity index (χ1) is 9.71. The second-order valence-electron chi connectivity index (χ2n) is 8.56. The highest BCUT2D eigenvalue weighted by Crippen LogP contribution is 2.37. The molecule has 2 heterocycles. The first kappa shape index (κ1) is 17.2. The van der Waals surface area contributed by atoms with Crippen LogP contribution in [0.3, 0.4) is 0 Å². The van der Waals surface area contributed by atoms with E-state index in [9.17, 15) is 0 Å². The highest BCUT2D eigenvalue weighted by atomic mass is 28.4. The maximum atomic E-state index is 6.30. The number of likely N-dealkylation sites (N-methyl/N-ethyl adjacent to an activating group) is 1. The van der Waals surface area contributed by atoms with E-state index >= 15 is 0 Å². The lowest BCUT2D eigenvalue weighted by Crippen LogP contribution is -2.45. The molecule has 2 rings (SSSR count). The van der Waals surface area contributed by atoms with Gasteiger partial charge in [-0.3, -0.25) is 4.90 Å². The molecule has 2 bridgehead atoms. The van der Waals surface area contributed by atoms with Gasteiger partial charge in [-0.1, -0.05) is 38.8 Å². The molecule has 0 amide bonds. The molecule has 0 aromatic rings. The molecule has 0 aromatic heterocycles. The largest absolute Gasteiger partial charge is 0.417 e. The Morgan fingerprint density at radius 2 is 2.00 bits per heavy atom. The van der Waals surface area contributed by atoms with Gasteiger partial charge in [0.25, 0.3) is 0 Å². The van der Waals surface area contributed by atoms with Gasteiger partial charge in [0.05, 0.1) is 0 Å². The third kappa shape index (κ3) is 4.20. The molecule has 0 saturated carbocycles. The fourth-order valence-corrected chi connectivity index (χ4v) is 4.45. The van der Waals surface area contributed by atoms with Crippen molar-refractivity contribution in [3.63, 3.8) is 0 Å². The van der Waals surface area contributed by atoms with Gasteiger partial charge in [0.15, 0.2) is 8.32 Å². The van der Waals surface area contributed by atoms with Crippen LogP contribution in [0.25, 0.3) is 0 Å². The van der Waals surface area contributed by atoms with Crippen molar-refractivity contribution in [2.45, 2.75) is 89.5 Å². The lowest BCUT2D eigenvalue weighted by atomic mass is 9.84. The minimum atomic E-state index is -1.55. The number of nitrogens with zero attached hydrogens (tertiary/aromatic N) is 1. The van der Waals surface area contributed by atoms with E-state index in [1.54, 1.807) is 5.57 Å². The van der Waals surface area contributed by atoms with E-state index in [0.29, 0.717) is 11.1 Å². The molecule has 1 saturated heterocycles. The normalized spacial score (nSPS) is 27.6. The molecule has 0 aliphatic carbocycles. The van der Waals surface area contributed by atoms with Crippen molar-refractivity contribution in [1.29, 1.82) is 0 Å². The summed E-state index contributed by atoms with van der Waals surface area (Å²) in [7, 11) is 0.755. The summed E-state index contributed by atoms with van der Waals surface area (Å²) in [5.74, 6) is 0. The van der Waals surface area contributed by atoms with Crippen molar-refractivity contribution < 1.29 is 4.43 Å². The minimum absolute atomic E-state index is 0.330. The smallest absolute Gasteiger partial charge is 0.191 e. The number of fused-ring (bicyclic) bond motifs is 2. The highest BCUT2D eigenvalue weighted by Gasteiger charge is 2.37. The van der Waals surface area contributed by atoms with Crippen LogP contribution in [-0.2, 0) is 4.43 Å². The quantitative estimate of drug-likeness (QED) is 0.404. The second-order valence-corrected chi connectivity index (χ2v) is 13.4. The molecule has 2 aliphatic heterocycles. The minimum Gasteiger partial charge on any atom is -0.417 e. The van der Waals surface area contributed by atoms with Crippen molar-refractivity contribution in [2.24, 2.45) is 0 Å². The Kier molecular flexibility index (Phi) is 5.38. The summed E-state index contributed by atoms with van der Waals surface area (Å²) < 4.78 is 6.30. The summed E-state index contributed by atoms with van der Waals surface area (Å²) in [6, 6.07) is 1.53. The van der Waals surface area contributed by atoms with Gasteiger partial charge in [0.2, 0.25) is 0 Å². The number of hydrogen-bond donors (Lipinski definition) is 0. The molecule has 21 heavy (non-hydrogen) atoms. The number of rotatable bonds is 5. The molecule has 2 unspecified atom stereocenters. The summed E-state index contributed by atoms with van der Waals surface area (Å²) in [6.07, 6.45) is 10.5. The SMILES string of the molecule is CN1C2C=C(CCCO[Si](C)(C)C(C)(C)C)CC1CCC2. The van der Waals surface area contributed by atoms with Crippen molar-refractivity contribution in [3.05, 3.63) is 11.6 Å². The van der Waals surface area contributed by atoms with E-state index in [2.05, 4.69) is 51.9 Å². The van der Waals surface area contributed by atoms with Crippen molar-refractivity contribution in [2.75, 3.05) is 13.7 Å². The van der Waals surface area contributed by atoms with E-state index in [-0.39, 0.29) is 0 Å². The highest BCUT2D eigenvalue weighted by molar-refractivity contribution is 6.74. The van der Waals surface area contributed by atoms with Gasteiger partial charge >= 0.3 is 0 Å². The van der Waals surface area contributed by atoms with Crippen LogP contribution in [0.5, 0.6) is 0 Å². The molecule has 0 N–H and O–H groups in total. The van der Waals surface area contributed by atoms with Crippen LogP contribution in [0.1, 0.15) is 59.3 Å². The van der Waals surface area contributed by atoms with E-state index in [1.165, 1.54) is 38.5 Å². The first-order valence-electron chi connectivity index (χ1n) is 8.76. The summed E-state index contributed by atoms with van der Waals surface area (Å²) in [5.41, 5.74) is 1.70. The van der Waals surface area contributed by atoms with Crippen LogP contribution in [-0.4, -0.2) is 39.0 Å². The Bertz CT molecular complexity index is 383. The van der Waals surface area contributed by atoms with Crippen LogP contribution >= 0.6 is 0 Å². The standard InChI is InChI=1S/C18H35NOSi/c1-18(2,3)21(5,6)20-12-8-9-15-13-16-10-7-11-17(14-15)19(16)4/h13,16-17H,7-12,14H2,1-6H3. The summed E-state index contributed by atoms with van der Waals surface area (Å²) in [5, 5.41) is 0.330. The molecular formula is C18H35NOSi. The van der Waals surface area contributed by atoms with Gasteiger partial charge < -0.3 is 4.43 Å². The van der Waals surface area contributed by atoms with E-state index in [0.717, 1.165) is 12.6 Å². The van der Waals surface area contributed by atoms with E-state index in [4.69, 9.17) is 4.43 Å². The Morgan fingerprint density at radius 3 is 2.62 bits per heavy atom. The topological polar surface area (TPSA) is 12.5 Å². The average molecular weight is 310 g/mol. The third-order valence-electron chi connectivity index (χ3n) is 5.97. The molecule has 3 heteroatoms. The lowest BCUT2D eigenvalue weighted by Gasteiger charge is -2.43. The Hall–Kier alpha value is -0.123. The van der Waals surface area contributed by atoms with Gasteiger partial charge in [-0.05, 0) is 57.3 Å². The van der Waals surface area contributed by atoms with Gasteiger partial charge in [-0.25, -0.2) is 0 Å². The molecule has 2 aliphatic rings. The molecule has 0 spiro atoms. The summed E-state index contributed by atoms with van der Waals surface area (Å²) >= 11 is 0. The molecule has 2 nitrogen and oxygen atoms in total. The molecule has 2 atom stereocenters. The van der Waals surface area contributed by atoms with Crippen LogP contribution in [0, 0.1) is 0 Å². The van der Waals surface area contributed by atoms with Crippen LogP contribution in [0.2, 0.25) is 18.1 Å². The molecule has 0 radical (unpaired) electrons. The van der Waals surface area contributed by atoms with Gasteiger partial charge in [0.1, 0.15) is 0 Å². The van der Waals surface area contributed by atoms with Gasteiger partial charge in [-0.15, -0.1) is 0 Å². The summed E-state index contributed by atoms with van der Waals surface area (Å²) in [6.45, 7) is 12.6. The Morgan fingerprint density at radius 1 is 1.29 bits per heavy atom. The van der Waals surface area contributed by atoms with E-state index < -0.39 is 8.32 Å². The monoisotopic (exact) mass is 309 g/mol. The van der Waals surface area contributed by atoms with E-state index in [1.807, 2.05) is 0 Å². The van der Waals surface area contributed by atoms with Crippen molar-refractivity contribution in [3.8, 4) is 0 Å². The van der Waals surface area contributed by atoms with Crippen LogP contribution in [0.4, 0.5) is 0 Å². The number of hydrogen-bond acceptors (Lipinski definition) is 2. The Labute approximate surface area is 133 Å². The molecule has 0 aromatic carbocycles. The molecule has 1 fully saturated rings. The van der Waals surface area contributed by atoms with Gasteiger partial charge in [0, 0.05) is 18.7 Å². The predicted octanol–water partition coefficient (Wildman–Crippen LogP) is 4.97. The lowest BCUT2D eigenvalue weighted by molar-refractivity contribution is 0.128. The molecular weight excluding hydrogens is 274 g/mol. The molecule has 122 valence electrons.